The smallest absolute Gasteiger partial charge is 0.267 e. The van der Waals surface area contributed by atoms with Crippen LogP contribution in [0.4, 0.5) is 4.39 Å². The summed E-state index contributed by atoms with van der Waals surface area (Å²) in [6, 6.07) is 13.5. The Morgan fingerprint density at radius 1 is 1.24 bits per heavy atom. The number of benzene rings is 2. The summed E-state index contributed by atoms with van der Waals surface area (Å²) in [5.41, 5.74) is 1.90. The lowest BCUT2D eigenvalue weighted by atomic mass is 10.1. The molecule has 6 nitrogen and oxygen atoms in total. The summed E-state index contributed by atoms with van der Waals surface area (Å²) >= 11 is 2.73. The van der Waals surface area contributed by atoms with Crippen molar-refractivity contribution in [3.8, 4) is 11.4 Å². The van der Waals surface area contributed by atoms with Crippen molar-refractivity contribution in [1.82, 2.24) is 14.5 Å². The van der Waals surface area contributed by atoms with Gasteiger partial charge in [-0.3, -0.25) is 14.2 Å². The van der Waals surface area contributed by atoms with Gasteiger partial charge in [0.25, 0.3) is 5.56 Å². The van der Waals surface area contributed by atoms with Crippen molar-refractivity contribution in [2.24, 2.45) is 0 Å². The van der Waals surface area contributed by atoms with Crippen LogP contribution in [0.3, 0.4) is 0 Å². The zero-order valence-electron chi connectivity index (χ0n) is 18.7. The van der Waals surface area contributed by atoms with Gasteiger partial charge in [0.2, 0.25) is 0 Å². The fourth-order valence-corrected chi connectivity index (χ4v) is 6.35. The molecule has 1 aliphatic heterocycles. The number of hydrogen-bond donors (Lipinski definition) is 0. The molecule has 0 spiro atoms. The number of carbonyl (C=O) groups is 1. The van der Waals surface area contributed by atoms with Crippen LogP contribution in [0.5, 0.6) is 5.75 Å². The Balaban J connectivity index is 1.55. The monoisotopic (exact) mass is 495 g/mol. The molecule has 2 aromatic carbocycles. The maximum atomic E-state index is 14.1. The fraction of sp³-hybridized carbons (Fsp3) is 0.240. The molecule has 0 bridgehead atoms. The van der Waals surface area contributed by atoms with Gasteiger partial charge in [-0.05, 0) is 49.4 Å². The molecule has 5 rings (SSSR count). The Kier molecular flexibility index (Phi) is 6.24. The molecular formula is C25H22FN3O3S2. The molecule has 0 saturated heterocycles. The molecule has 34 heavy (non-hydrogen) atoms. The lowest BCUT2D eigenvalue weighted by molar-refractivity contribution is 0.102. The Bertz CT molecular complexity index is 1450. The van der Waals surface area contributed by atoms with Gasteiger partial charge in [-0.2, -0.15) is 0 Å². The SMILES string of the molecule is COc1ccc(C(=O)CSc2nc3sc4c(c3c(=O)n2-c2ccccc2)CCN(C)C4)cc1F. The highest BCUT2D eigenvalue weighted by Crippen LogP contribution is 2.34. The van der Waals surface area contributed by atoms with Gasteiger partial charge in [0, 0.05) is 23.5 Å². The lowest BCUT2D eigenvalue weighted by Crippen LogP contribution is -2.27. The average molecular weight is 496 g/mol. The van der Waals surface area contributed by atoms with Gasteiger partial charge in [0.05, 0.1) is 23.9 Å². The van der Waals surface area contributed by atoms with Crippen molar-refractivity contribution in [3.63, 3.8) is 0 Å². The first-order valence-electron chi connectivity index (χ1n) is 10.8. The number of thiophene rings is 1. The van der Waals surface area contributed by atoms with E-state index < -0.39 is 5.82 Å². The number of halogens is 1. The van der Waals surface area contributed by atoms with Crippen LogP contribution in [0.1, 0.15) is 20.8 Å². The van der Waals surface area contributed by atoms with Crippen molar-refractivity contribution >= 4 is 39.1 Å². The first kappa shape index (κ1) is 22.8. The number of likely N-dealkylation sites (N-methyl/N-ethyl adjacent to an activating group) is 1. The number of rotatable bonds is 6. The van der Waals surface area contributed by atoms with E-state index in [0.29, 0.717) is 21.1 Å². The zero-order chi connectivity index (χ0) is 23.8. The van der Waals surface area contributed by atoms with Crippen molar-refractivity contribution in [2.45, 2.75) is 18.1 Å². The molecule has 3 heterocycles. The molecule has 1 aliphatic rings. The summed E-state index contributed by atoms with van der Waals surface area (Å²) in [4.78, 5) is 35.5. The number of aromatic nitrogens is 2. The van der Waals surface area contributed by atoms with Crippen LogP contribution in [0.15, 0.2) is 58.5 Å². The van der Waals surface area contributed by atoms with E-state index in [2.05, 4.69) is 11.9 Å². The molecule has 2 aromatic heterocycles. The van der Waals surface area contributed by atoms with E-state index in [1.54, 1.807) is 15.9 Å². The molecular weight excluding hydrogens is 473 g/mol. The summed E-state index contributed by atoms with van der Waals surface area (Å²) in [5, 5.41) is 1.11. The molecule has 0 aliphatic carbocycles. The minimum atomic E-state index is -0.590. The van der Waals surface area contributed by atoms with Crippen LogP contribution in [0, 0.1) is 5.82 Å². The van der Waals surface area contributed by atoms with E-state index in [1.165, 1.54) is 41.9 Å². The highest BCUT2D eigenvalue weighted by atomic mass is 32.2. The molecule has 9 heteroatoms. The molecule has 0 N–H and O–H groups in total. The van der Waals surface area contributed by atoms with Crippen LogP contribution < -0.4 is 10.3 Å². The maximum absolute atomic E-state index is 14.1. The van der Waals surface area contributed by atoms with E-state index >= 15 is 0 Å². The predicted molar refractivity (Wildman–Crippen MR) is 133 cm³/mol. The molecule has 0 fully saturated rings. The molecule has 0 unspecified atom stereocenters. The molecule has 0 atom stereocenters. The number of fused-ring (bicyclic) bond motifs is 3. The van der Waals surface area contributed by atoms with E-state index in [1.807, 2.05) is 30.3 Å². The third kappa shape index (κ3) is 4.15. The minimum absolute atomic E-state index is 0.0182. The third-order valence-electron chi connectivity index (χ3n) is 5.86. The third-order valence-corrected chi connectivity index (χ3v) is 7.90. The van der Waals surface area contributed by atoms with Gasteiger partial charge in [0.1, 0.15) is 4.83 Å². The van der Waals surface area contributed by atoms with Crippen molar-refractivity contribution < 1.29 is 13.9 Å². The van der Waals surface area contributed by atoms with Crippen LogP contribution in [0.2, 0.25) is 0 Å². The van der Waals surface area contributed by atoms with Crippen molar-refractivity contribution in [3.05, 3.63) is 80.7 Å². The predicted octanol–water partition coefficient (Wildman–Crippen LogP) is 4.56. The Hall–Kier alpha value is -3.01. The molecule has 4 aromatic rings. The zero-order valence-corrected chi connectivity index (χ0v) is 20.3. The number of hydrogen-bond acceptors (Lipinski definition) is 7. The maximum Gasteiger partial charge on any atom is 0.267 e. The highest BCUT2D eigenvalue weighted by molar-refractivity contribution is 7.99. The largest absolute Gasteiger partial charge is 0.494 e. The van der Waals surface area contributed by atoms with Gasteiger partial charge >= 0.3 is 0 Å². The second-order valence-electron chi connectivity index (χ2n) is 8.10. The van der Waals surface area contributed by atoms with Crippen LogP contribution in [-0.4, -0.2) is 46.7 Å². The van der Waals surface area contributed by atoms with Gasteiger partial charge in [-0.15, -0.1) is 11.3 Å². The standard InChI is InChI=1S/C25H22FN3O3S2/c1-28-11-10-17-21(13-28)34-23-22(17)24(31)29(16-6-4-3-5-7-16)25(27-23)33-14-19(30)15-8-9-20(32-2)18(26)12-15/h3-9,12H,10-11,13-14H2,1-2H3. The topological polar surface area (TPSA) is 64.4 Å². The number of methoxy groups -OCH3 is 1. The fourth-order valence-electron chi connectivity index (χ4n) is 4.11. The lowest BCUT2D eigenvalue weighted by Gasteiger charge is -2.21. The number of thioether (sulfide) groups is 1. The van der Waals surface area contributed by atoms with E-state index in [4.69, 9.17) is 9.72 Å². The number of para-hydroxylation sites is 1. The summed E-state index contributed by atoms with van der Waals surface area (Å²) in [5.74, 6) is -0.743. The summed E-state index contributed by atoms with van der Waals surface area (Å²) in [6.07, 6.45) is 0.811. The average Bonchev–Trinajstić information content (AvgIpc) is 3.20. The van der Waals surface area contributed by atoms with Crippen LogP contribution in [-0.2, 0) is 13.0 Å². The normalized spacial score (nSPS) is 13.7. The number of carbonyl (C=O) groups excluding carboxylic acids is 1. The second kappa shape index (κ2) is 9.32. The quantitative estimate of drug-likeness (QED) is 0.222. The molecule has 174 valence electrons. The Morgan fingerprint density at radius 2 is 2.03 bits per heavy atom. The van der Waals surface area contributed by atoms with E-state index in [-0.39, 0.29) is 28.4 Å². The van der Waals surface area contributed by atoms with Gasteiger partial charge < -0.3 is 9.64 Å². The van der Waals surface area contributed by atoms with Gasteiger partial charge in [-0.25, -0.2) is 9.37 Å². The summed E-state index contributed by atoms with van der Waals surface area (Å²) in [6.45, 7) is 1.69. The van der Waals surface area contributed by atoms with Gasteiger partial charge in [0.15, 0.2) is 22.5 Å². The number of ether oxygens (including phenoxy) is 1. The summed E-state index contributed by atoms with van der Waals surface area (Å²) in [7, 11) is 3.44. The Labute approximate surface area is 204 Å². The second-order valence-corrected chi connectivity index (χ2v) is 10.1. The van der Waals surface area contributed by atoms with Gasteiger partial charge in [-0.1, -0.05) is 30.0 Å². The number of nitrogens with zero attached hydrogens (tertiary/aromatic N) is 3. The number of ketones is 1. The first-order chi connectivity index (χ1) is 16.5. The first-order valence-corrected chi connectivity index (χ1v) is 12.6. The van der Waals surface area contributed by atoms with Crippen LogP contribution >= 0.6 is 23.1 Å². The minimum Gasteiger partial charge on any atom is -0.494 e. The summed E-state index contributed by atoms with van der Waals surface area (Å²) < 4.78 is 20.6. The Morgan fingerprint density at radius 3 is 2.76 bits per heavy atom. The van der Waals surface area contributed by atoms with E-state index in [9.17, 15) is 14.0 Å². The van der Waals surface area contributed by atoms with E-state index in [0.717, 1.165) is 25.1 Å². The highest BCUT2D eigenvalue weighted by Gasteiger charge is 2.25. The molecule has 0 radical (unpaired) electrons. The van der Waals surface area contributed by atoms with Crippen molar-refractivity contribution in [2.75, 3.05) is 26.5 Å². The molecule has 0 amide bonds. The van der Waals surface area contributed by atoms with Crippen LogP contribution in [0.25, 0.3) is 15.9 Å². The number of Topliss-reactive ketones (excluding diaryl/α,β-unsaturated/α-hetero) is 1. The van der Waals surface area contributed by atoms with Crippen molar-refractivity contribution in [1.29, 1.82) is 0 Å². The molecule has 0 saturated carbocycles.